The largest absolute Gasteiger partial charge is 0.396 e. The summed E-state index contributed by atoms with van der Waals surface area (Å²) >= 11 is 0. The van der Waals surface area contributed by atoms with Gasteiger partial charge >= 0.3 is 0 Å². The van der Waals surface area contributed by atoms with Gasteiger partial charge in [-0.3, -0.25) is 0 Å². The van der Waals surface area contributed by atoms with Crippen LogP contribution in [0.25, 0.3) is 0 Å². The van der Waals surface area contributed by atoms with E-state index in [1.54, 1.807) is 6.07 Å². The number of nitriles is 1. The number of benzene rings is 1. The highest BCUT2D eigenvalue weighted by Crippen LogP contribution is 2.23. The van der Waals surface area contributed by atoms with Gasteiger partial charge in [0, 0.05) is 26.2 Å². The van der Waals surface area contributed by atoms with Crippen LogP contribution in [0.15, 0.2) is 42.6 Å². The van der Waals surface area contributed by atoms with Crippen LogP contribution in [0, 0.1) is 17.2 Å². The van der Waals surface area contributed by atoms with Crippen LogP contribution in [0.4, 0.5) is 11.5 Å². The standard InChI is InChI=1S/C19H22N4O/c20-11-16-2-1-3-17(10-16)12-21-19-5-4-18(13-22-19)23-8-6-15(14-24)7-9-23/h1-5,10,13,15,24H,6-9,12,14H2,(H,21,22). The summed E-state index contributed by atoms with van der Waals surface area (Å²) in [5.41, 5.74) is 2.86. The van der Waals surface area contributed by atoms with Crippen molar-refractivity contribution < 1.29 is 5.11 Å². The van der Waals surface area contributed by atoms with E-state index in [0.717, 1.165) is 43.0 Å². The van der Waals surface area contributed by atoms with Crippen LogP contribution in [0.1, 0.15) is 24.0 Å². The molecule has 1 aliphatic rings. The molecule has 24 heavy (non-hydrogen) atoms. The summed E-state index contributed by atoms with van der Waals surface area (Å²) in [5.74, 6) is 1.27. The van der Waals surface area contributed by atoms with E-state index >= 15 is 0 Å². The number of aliphatic hydroxyl groups is 1. The van der Waals surface area contributed by atoms with Gasteiger partial charge in [-0.1, -0.05) is 12.1 Å². The molecule has 1 aromatic heterocycles. The van der Waals surface area contributed by atoms with Gasteiger partial charge < -0.3 is 15.3 Å². The van der Waals surface area contributed by atoms with Crippen LogP contribution in [-0.2, 0) is 6.54 Å². The number of hydrogen-bond acceptors (Lipinski definition) is 5. The summed E-state index contributed by atoms with van der Waals surface area (Å²) in [6, 6.07) is 13.8. The first-order chi connectivity index (χ1) is 11.8. The van der Waals surface area contributed by atoms with Gasteiger partial charge in [0.2, 0.25) is 0 Å². The second-order valence-corrected chi connectivity index (χ2v) is 6.18. The molecule has 0 saturated carbocycles. The van der Waals surface area contributed by atoms with E-state index in [4.69, 9.17) is 5.26 Å². The molecule has 1 fully saturated rings. The SMILES string of the molecule is N#Cc1cccc(CNc2ccc(N3CCC(CO)CC3)cn2)c1. The van der Waals surface area contributed by atoms with E-state index in [-0.39, 0.29) is 0 Å². The summed E-state index contributed by atoms with van der Waals surface area (Å²) in [6.07, 6.45) is 3.96. The van der Waals surface area contributed by atoms with Gasteiger partial charge in [0.1, 0.15) is 5.82 Å². The fourth-order valence-electron chi connectivity index (χ4n) is 2.99. The van der Waals surface area contributed by atoms with Crippen LogP contribution in [0.2, 0.25) is 0 Å². The van der Waals surface area contributed by atoms with E-state index in [1.807, 2.05) is 30.5 Å². The maximum absolute atomic E-state index is 9.21. The van der Waals surface area contributed by atoms with Crippen LogP contribution in [0.5, 0.6) is 0 Å². The molecular formula is C19H22N4O. The second kappa shape index (κ2) is 7.80. The Bertz CT molecular complexity index is 700. The number of anilines is 2. The maximum Gasteiger partial charge on any atom is 0.126 e. The summed E-state index contributed by atoms with van der Waals surface area (Å²) < 4.78 is 0. The quantitative estimate of drug-likeness (QED) is 0.885. The van der Waals surface area contributed by atoms with Crippen molar-refractivity contribution in [3.8, 4) is 6.07 Å². The molecule has 0 unspecified atom stereocenters. The lowest BCUT2D eigenvalue weighted by Crippen LogP contribution is -2.34. The summed E-state index contributed by atoms with van der Waals surface area (Å²) in [6.45, 7) is 2.88. The van der Waals surface area contributed by atoms with Crippen LogP contribution < -0.4 is 10.2 Å². The average molecular weight is 322 g/mol. The molecule has 1 aliphatic heterocycles. The minimum absolute atomic E-state index is 0.294. The molecule has 0 spiro atoms. The molecule has 5 nitrogen and oxygen atoms in total. The predicted molar refractivity (Wildman–Crippen MR) is 94.7 cm³/mol. The van der Waals surface area contributed by atoms with E-state index < -0.39 is 0 Å². The van der Waals surface area contributed by atoms with Crippen molar-refractivity contribution >= 4 is 11.5 Å². The monoisotopic (exact) mass is 322 g/mol. The second-order valence-electron chi connectivity index (χ2n) is 6.18. The van der Waals surface area contributed by atoms with Crippen LogP contribution in [0.3, 0.4) is 0 Å². The molecule has 2 N–H and O–H groups in total. The van der Waals surface area contributed by atoms with Gasteiger partial charge in [-0.25, -0.2) is 4.98 Å². The summed E-state index contributed by atoms with van der Waals surface area (Å²) in [7, 11) is 0. The van der Waals surface area contributed by atoms with Crippen LogP contribution >= 0.6 is 0 Å². The molecule has 0 aliphatic carbocycles. The van der Waals surface area contributed by atoms with Crippen molar-refractivity contribution in [2.75, 3.05) is 29.9 Å². The lowest BCUT2D eigenvalue weighted by atomic mass is 9.98. The number of aliphatic hydroxyl groups excluding tert-OH is 1. The first kappa shape index (κ1) is 16.3. The normalized spacial score (nSPS) is 15.1. The Morgan fingerprint density at radius 3 is 2.75 bits per heavy atom. The lowest BCUT2D eigenvalue weighted by molar-refractivity contribution is 0.203. The van der Waals surface area contributed by atoms with Gasteiger partial charge in [0.15, 0.2) is 0 Å². The van der Waals surface area contributed by atoms with Gasteiger partial charge in [-0.05, 0) is 48.6 Å². The average Bonchev–Trinajstić information content (AvgIpc) is 2.67. The van der Waals surface area contributed by atoms with Crippen molar-refractivity contribution in [3.63, 3.8) is 0 Å². The van der Waals surface area contributed by atoms with Gasteiger partial charge in [0.25, 0.3) is 0 Å². The predicted octanol–water partition coefficient (Wildman–Crippen LogP) is 2.77. The smallest absolute Gasteiger partial charge is 0.126 e. The third-order valence-electron chi connectivity index (χ3n) is 4.52. The van der Waals surface area contributed by atoms with Crippen molar-refractivity contribution in [2.45, 2.75) is 19.4 Å². The Kier molecular flexibility index (Phi) is 5.29. The fraction of sp³-hybridized carbons (Fsp3) is 0.368. The maximum atomic E-state index is 9.21. The zero-order valence-electron chi connectivity index (χ0n) is 13.7. The zero-order chi connectivity index (χ0) is 16.8. The first-order valence-electron chi connectivity index (χ1n) is 8.33. The fourth-order valence-corrected chi connectivity index (χ4v) is 2.99. The Labute approximate surface area is 142 Å². The number of hydrogen-bond donors (Lipinski definition) is 2. The number of pyridine rings is 1. The molecule has 0 bridgehead atoms. The molecule has 2 aromatic rings. The molecule has 3 rings (SSSR count). The molecule has 0 amide bonds. The molecule has 1 aromatic carbocycles. The van der Waals surface area contributed by atoms with Crippen molar-refractivity contribution in [1.29, 1.82) is 5.26 Å². The number of nitrogens with zero attached hydrogens (tertiary/aromatic N) is 3. The Morgan fingerprint density at radius 1 is 1.25 bits per heavy atom. The third kappa shape index (κ3) is 4.03. The van der Waals surface area contributed by atoms with Gasteiger partial charge in [-0.2, -0.15) is 5.26 Å². The number of nitrogens with one attached hydrogen (secondary N) is 1. The minimum atomic E-state index is 0.294. The van der Waals surface area contributed by atoms with Crippen molar-refractivity contribution in [2.24, 2.45) is 5.92 Å². The molecule has 0 radical (unpaired) electrons. The number of rotatable bonds is 5. The van der Waals surface area contributed by atoms with E-state index in [0.29, 0.717) is 24.6 Å². The molecule has 5 heteroatoms. The number of aromatic nitrogens is 1. The first-order valence-corrected chi connectivity index (χ1v) is 8.33. The number of piperidine rings is 1. The van der Waals surface area contributed by atoms with E-state index in [1.165, 1.54) is 0 Å². The summed E-state index contributed by atoms with van der Waals surface area (Å²) in [5, 5.41) is 21.4. The van der Waals surface area contributed by atoms with Crippen molar-refractivity contribution in [1.82, 2.24) is 4.98 Å². The molecule has 1 saturated heterocycles. The molecular weight excluding hydrogens is 300 g/mol. The lowest BCUT2D eigenvalue weighted by Gasteiger charge is -2.32. The topological polar surface area (TPSA) is 72.2 Å². The Balaban J connectivity index is 1.56. The van der Waals surface area contributed by atoms with Gasteiger partial charge in [0.05, 0.1) is 23.5 Å². The molecule has 2 heterocycles. The highest BCUT2D eigenvalue weighted by atomic mass is 16.3. The zero-order valence-corrected chi connectivity index (χ0v) is 13.7. The van der Waals surface area contributed by atoms with E-state index in [2.05, 4.69) is 27.3 Å². The highest BCUT2D eigenvalue weighted by Gasteiger charge is 2.18. The van der Waals surface area contributed by atoms with E-state index in [9.17, 15) is 5.11 Å². The highest BCUT2D eigenvalue weighted by molar-refractivity contribution is 5.50. The Hall–Kier alpha value is -2.58. The molecule has 124 valence electrons. The van der Waals surface area contributed by atoms with Crippen LogP contribution in [-0.4, -0.2) is 29.8 Å². The van der Waals surface area contributed by atoms with Gasteiger partial charge in [-0.15, -0.1) is 0 Å². The third-order valence-corrected chi connectivity index (χ3v) is 4.52. The van der Waals surface area contributed by atoms with Crippen molar-refractivity contribution in [3.05, 3.63) is 53.7 Å². The Morgan fingerprint density at radius 2 is 2.08 bits per heavy atom. The molecule has 0 atom stereocenters. The minimum Gasteiger partial charge on any atom is -0.396 e. The summed E-state index contributed by atoms with van der Waals surface area (Å²) in [4.78, 5) is 6.80.